The van der Waals surface area contributed by atoms with Crippen LogP contribution >= 0.6 is 0 Å². The zero-order valence-electron chi connectivity index (χ0n) is 13.3. The Balaban J connectivity index is 1.73. The van der Waals surface area contributed by atoms with Crippen LogP contribution in [0.3, 0.4) is 0 Å². The van der Waals surface area contributed by atoms with Crippen molar-refractivity contribution in [2.75, 3.05) is 5.73 Å². The molecule has 0 atom stereocenters. The topological polar surface area (TPSA) is 69.1 Å². The summed E-state index contributed by atoms with van der Waals surface area (Å²) in [7, 11) is 0. The van der Waals surface area contributed by atoms with E-state index in [9.17, 15) is 13.2 Å². The highest BCUT2D eigenvalue weighted by Gasteiger charge is 2.31. The lowest BCUT2D eigenvalue weighted by Gasteiger charge is -2.07. The van der Waals surface area contributed by atoms with Crippen LogP contribution in [0.2, 0.25) is 0 Å². The van der Waals surface area contributed by atoms with Crippen LogP contribution < -0.4 is 5.73 Å². The Bertz CT molecular complexity index is 1080. The van der Waals surface area contributed by atoms with Gasteiger partial charge in [-0.25, -0.2) is 15.0 Å². The number of hydrogen-bond acceptors (Lipinski definition) is 4. The first-order valence-electron chi connectivity index (χ1n) is 7.64. The number of nitrogens with zero attached hydrogens (tertiary/aromatic N) is 4. The second-order valence-electron chi connectivity index (χ2n) is 5.71. The standard InChI is InChI=1S/C18H12F3N5/c19-18(20,21)13-8-24-17(25-9-13)12-4-5-26-15(10-23-16(26)7-12)11-2-1-3-14(22)6-11/h1-10H,22H2. The molecular weight excluding hydrogens is 343 g/mol. The first kappa shape index (κ1) is 16.1. The van der Waals surface area contributed by atoms with Gasteiger partial charge in [0.05, 0.1) is 17.5 Å². The highest BCUT2D eigenvalue weighted by molar-refractivity contribution is 5.69. The van der Waals surface area contributed by atoms with Gasteiger partial charge in [0.25, 0.3) is 0 Å². The van der Waals surface area contributed by atoms with Gasteiger partial charge in [-0.15, -0.1) is 0 Å². The minimum Gasteiger partial charge on any atom is -0.399 e. The summed E-state index contributed by atoms with van der Waals surface area (Å²) >= 11 is 0. The monoisotopic (exact) mass is 355 g/mol. The predicted octanol–water partition coefficient (Wildman–Crippen LogP) is 4.06. The SMILES string of the molecule is Nc1cccc(-c2cnc3cc(-c4ncc(C(F)(F)F)cn4)ccn23)c1. The Morgan fingerprint density at radius 2 is 1.65 bits per heavy atom. The zero-order chi connectivity index (χ0) is 18.3. The predicted molar refractivity (Wildman–Crippen MR) is 91.1 cm³/mol. The summed E-state index contributed by atoms with van der Waals surface area (Å²) in [5, 5.41) is 0. The number of benzene rings is 1. The Kier molecular flexibility index (Phi) is 3.61. The van der Waals surface area contributed by atoms with E-state index in [4.69, 9.17) is 5.73 Å². The summed E-state index contributed by atoms with van der Waals surface area (Å²) < 4.78 is 39.7. The van der Waals surface area contributed by atoms with Gasteiger partial charge in [0, 0.05) is 35.4 Å². The van der Waals surface area contributed by atoms with Crippen molar-refractivity contribution in [3.05, 3.63) is 66.7 Å². The van der Waals surface area contributed by atoms with Gasteiger partial charge >= 0.3 is 6.18 Å². The second kappa shape index (κ2) is 5.83. The van der Waals surface area contributed by atoms with Crippen LogP contribution in [0.1, 0.15) is 5.56 Å². The van der Waals surface area contributed by atoms with Gasteiger partial charge < -0.3 is 5.73 Å². The molecule has 0 aliphatic rings. The number of aromatic nitrogens is 4. The van der Waals surface area contributed by atoms with E-state index in [1.165, 1.54) is 0 Å². The number of hydrogen-bond donors (Lipinski definition) is 1. The molecule has 1 aromatic carbocycles. The first-order valence-corrected chi connectivity index (χ1v) is 7.64. The van der Waals surface area contributed by atoms with Crippen LogP contribution in [0.15, 0.2) is 61.2 Å². The van der Waals surface area contributed by atoms with Crippen LogP contribution in [0.5, 0.6) is 0 Å². The largest absolute Gasteiger partial charge is 0.419 e. The van der Waals surface area contributed by atoms with E-state index >= 15 is 0 Å². The first-order chi connectivity index (χ1) is 12.4. The van der Waals surface area contributed by atoms with E-state index in [2.05, 4.69) is 15.0 Å². The molecule has 26 heavy (non-hydrogen) atoms. The van der Waals surface area contributed by atoms with Crippen molar-refractivity contribution < 1.29 is 13.2 Å². The van der Waals surface area contributed by atoms with Crippen molar-refractivity contribution in [3.63, 3.8) is 0 Å². The maximum Gasteiger partial charge on any atom is 0.419 e. The third-order valence-corrected chi connectivity index (χ3v) is 3.93. The fourth-order valence-corrected chi connectivity index (χ4v) is 2.65. The Labute approximate surface area is 146 Å². The fraction of sp³-hybridized carbons (Fsp3) is 0.0556. The number of nitrogens with two attached hydrogens (primary N) is 1. The van der Waals surface area contributed by atoms with Gasteiger partial charge in [0.15, 0.2) is 5.82 Å². The summed E-state index contributed by atoms with van der Waals surface area (Å²) in [5.41, 5.74) is 8.56. The third-order valence-electron chi connectivity index (χ3n) is 3.93. The molecule has 0 fully saturated rings. The number of anilines is 1. The van der Waals surface area contributed by atoms with Gasteiger partial charge in [-0.3, -0.25) is 4.40 Å². The summed E-state index contributed by atoms with van der Waals surface area (Å²) in [6.45, 7) is 0. The molecule has 0 radical (unpaired) electrons. The van der Waals surface area contributed by atoms with E-state index in [0.29, 0.717) is 16.9 Å². The van der Waals surface area contributed by atoms with Crippen molar-refractivity contribution in [1.29, 1.82) is 0 Å². The maximum atomic E-state index is 12.6. The Morgan fingerprint density at radius 1 is 0.885 bits per heavy atom. The average molecular weight is 355 g/mol. The van der Waals surface area contributed by atoms with Gasteiger partial charge in [-0.2, -0.15) is 13.2 Å². The molecule has 130 valence electrons. The molecule has 0 bridgehead atoms. The van der Waals surface area contributed by atoms with Gasteiger partial charge in [-0.05, 0) is 24.3 Å². The Morgan fingerprint density at radius 3 is 2.35 bits per heavy atom. The quantitative estimate of drug-likeness (QED) is 0.551. The van der Waals surface area contributed by atoms with Gasteiger partial charge in [0.1, 0.15) is 5.65 Å². The summed E-state index contributed by atoms with van der Waals surface area (Å²) in [6, 6.07) is 10.9. The van der Waals surface area contributed by atoms with Crippen LogP contribution in [-0.4, -0.2) is 19.4 Å². The number of fused-ring (bicyclic) bond motifs is 1. The smallest absolute Gasteiger partial charge is 0.399 e. The molecule has 2 N–H and O–H groups in total. The lowest BCUT2D eigenvalue weighted by Crippen LogP contribution is -2.06. The molecule has 3 aromatic heterocycles. The molecule has 5 nitrogen and oxygen atoms in total. The van der Waals surface area contributed by atoms with Crippen LogP contribution in [0.4, 0.5) is 18.9 Å². The molecule has 3 heterocycles. The van der Waals surface area contributed by atoms with Crippen LogP contribution in [-0.2, 0) is 6.18 Å². The molecule has 0 aliphatic heterocycles. The summed E-state index contributed by atoms with van der Waals surface area (Å²) in [4.78, 5) is 12.0. The van der Waals surface area contributed by atoms with Crippen molar-refractivity contribution in [3.8, 4) is 22.6 Å². The molecule has 0 saturated heterocycles. The van der Waals surface area contributed by atoms with Crippen LogP contribution in [0.25, 0.3) is 28.3 Å². The molecule has 8 heteroatoms. The van der Waals surface area contributed by atoms with Gasteiger partial charge in [0.2, 0.25) is 0 Å². The lowest BCUT2D eigenvalue weighted by molar-refractivity contribution is -0.138. The lowest BCUT2D eigenvalue weighted by atomic mass is 10.1. The van der Waals surface area contributed by atoms with E-state index in [0.717, 1.165) is 23.7 Å². The normalized spacial score (nSPS) is 11.8. The summed E-state index contributed by atoms with van der Waals surface area (Å²) in [5.74, 6) is 0.203. The molecule has 0 unspecified atom stereocenters. The van der Waals surface area contributed by atoms with Crippen molar-refractivity contribution in [2.24, 2.45) is 0 Å². The highest BCUT2D eigenvalue weighted by atomic mass is 19.4. The second-order valence-corrected chi connectivity index (χ2v) is 5.71. The molecular formula is C18H12F3N5. The number of halogens is 3. The van der Waals surface area contributed by atoms with Crippen molar-refractivity contribution >= 4 is 11.3 Å². The minimum absolute atomic E-state index is 0.203. The number of imidazole rings is 1. The molecule has 4 aromatic rings. The maximum absolute atomic E-state index is 12.6. The van der Waals surface area contributed by atoms with Gasteiger partial charge in [-0.1, -0.05) is 12.1 Å². The van der Waals surface area contributed by atoms with E-state index in [1.807, 2.05) is 22.6 Å². The number of pyridine rings is 1. The number of alkyl halides is 3. The molecule has 0 spiro atoms. The number of rotatable bonds is 2. The average Bonchev–Trinajstić information content (AvgIpc) is 3.04. The highest BCUT2D eigenvalue weighted by Crippen LogP contribution is 2.29. The molecule has 0 aliphatic carbocycles. The molecule has 0 amide bonds. The van der Waals surface area contributed by atoms with Crippen molar-refractivity contribution in [1.82, 2.24) is 19.4 Å². The minimum atomic E-state index is -4.46. The van der Waals surface area contributed by atoms with Crippen LogP contribution in [0, 0.1) is 0 Å². The molecule has 4 rings (SSSR count). The molecule has 0 saturated carbocycles. The summed E-state index contributed by atoms with van der Waals surface area (Å²) in [6.07, 6.45) is 0.573. The van der Waals surface area contributed by atoms with E-state index in [1.54, 1.807) is 30.6 Å². The fourth-order valence-electron chi connectivity index (χ4n) is 2.65. The third kappa shape index (κ3) is 2.85. The van der Waals surface area contributed by atoms with E-state index in [-0.39, 0.29) is 5.82 Å². The van der Waals surface area contributed by atoms with Crippen molar-refractivity contribution in [2.45, 2.75) is 6.18 Å². The zero-order valence-corrected chi connectivity index (χ0v) is 13.3. The van der Waals surface area contributed by atoms with E-state index < -0.39 is 11.7 Å². The number of nitrogen functional groups attached to an aromatic ring is 1. The Hall–Kier alpha value is -3.42.